The summed E-state index contributed by atoms with van der Waals surface area (Å²) < 4.78 is 0.702. The Morgan fingerprint density at radius 3 is 2.83 bits per heavy atom. The fourth-order valence-corrected chi connectivity index (χ4v) is 2.14. The van der Waals surface area contributed by atoms with Crippen molar-refractivity contribution in [3.05, 3.63) is 22.7 Å². The van der Waals surface area contributed by atoms with E-state index in [4.69, 9.17) is 5.73 Å². The third kappa shape index (κ3) is 2.30. The molecule has 0 saturated heterocycles. The number of carbonyl (C=O) groups is 1. The number of phenols is 1. The number of nitrogens with one attached hydrogen (secondary N) is 2. The monoisotopic (exact) mass is 310 g/mol. The number of nitrogen functional groups attached to an aromatic ring is 1. The van der Waals surface area contributed by atoms with Crippen LogP contribution in [-0.2, 0) is 4.79 Å². The van der Waals surface area contributed by atoms with Crippen LogP contribution < -0.4 is 11.1 Å². The van der Waals surface area contributed by atoms with Crippen LogP contribution in [0.15, 0.2) is 22.7 Å². The van der Waals surface area contributed by atoms with Crippen molar-refractivity contribution < 1.29 is 9.90 Å². The van der Waals surface area contributed by atoms with E-state index in [2.05, 4.69) is 31.4 Å². The number of anilines is 2. The van der Waals surface area contributed by atoms with Crippen LogP contribution in [0.2, 0.25) is 0 Å². The molecule has 0 saturated carbocycles. The maximum absolute atomic E-state index is 11.2. The van der Waals surface area contributed by atoms with Gasteiger partial charge in [0.05, 0.1) is 11.4 Å². The van der Waals surface area contributed by atoms with E-state index in [1.165, 1.54) is 13.0 Å². The number of nitrogens with two attached hydrogens (primary N) is 1. The van der Waals surface area contributed by atoms with Crippen molar-refractivity contribution in [2.24, 2.45) is 0 Å². The molecule has 0 aliphatic heterocycles. The van der Waals surface area contributed by atoms with E-state index in [1.54, 1.807) is 12.1 Å². The van der Waals surface area contributed by atoms with Gasteiger partial charge in [0.2, 0.25) is 5.91 Å². The normalized spacial score (nSPS) is 10.3. The van der Waals surface area contributed by atoms with Gasteiger partial charge < -0.3 is 16.2 Å². The maximum atomic E-state index is 11.2. The first-order valence-electron chi connectivity index (χ1n) is 5.09. The first-order valence-corrected chi connectivity index (χ1v) is 5.88. The number of carbonyl (C=O) groups excluding carboxylic acids is 1. The molecule has 94 valence electrons. The van der Waals surface area contributed by atoms with Gasteiger partial charge in [-0.3, -0.25) is 9.89 Å². The molecule has 1 aromatic heterocycles. The predicted molar refractivity (Wildman–Crippen MR) is 72.1 cm³/mol. The summed E-state index contributed by atoms with van der Waals surface area (Å²) in [5.74, 6) is 0.0164. The number of nitrogens with zero attached hydrogens (tertiary/aromatic N) is 1. The molecular formula is C11H11BrN4O2. The standard InChI is InChI=1S/C11H11BrN4O2/c1-5(17)14-11-8(18)3-2-6(12)10(11)7-4-9(13)16-15-7/h2-4,18H,1H3,(H,14,17)(H3,13,15,16). The van der Waals surface area contributed by atoms with Crippen LogP contribution in [0.4, 0.5) is 11.5 Å². The molecule has 1 aromatic carbocycles. The molecule has 1 amide bonds. The number of hydrogen-bond donors (Lipinski definition) is 4. The minimum absolute atomic E-state index is 0.0310. The van der Waals surface area contributed by atoms with E-state index in [0.717, 1.165) is 0 Å². The van der Waals surface area contributed by atoms with Crippen molar-refractivity contribution >= 4 is 33.3 Å². The van der Waals surface area contributed by atoms with Crippen LogP contribution in [0, 0.1) is 0 Å². The van der Waals surface area contributed by atoms with Gasteiger partial charge in [-0.25, -0.2) is 0 Å². The second-order valence-corrected chi connectivity index (χ2v) is 4.56. The predicted octanol–water partition coefficient (Wildman–Crippen LogP) is 2.09. The van der Waals surface area contributed by atoms with Gasteiger partial charge in [0.15, 0.2) is 0 Å². The third-order valence-electron chi connectivity index (χ3n) is 2.30. The first-order chi connectivity index (χ1) is 8.49. The quantitative estimate of drug-likeness (QED) is 0.637. The Morgan fingerprint density at radius 1 is 1.56 bits per heavy atom. The third-order valence-corrected chi connectivity index (χ3v) is 2.96. The Kier molecular flexibility index (Phi) is 3.24. The molecule has 0 atom stereocenters. The molecule has 5 N–H and O–H groups in total. The van der Waals surface area contributed by atoms with Gasteiger partial charge in [-0.05, 0) is 12.1 Å². The van der Waals surface area contributed by atoms with Crippen LogP contribution in [0.3, 0.4) is 0 Å². The maximum Gasteiger partial charge on any atom is 0.221 e. The molecule has 0 aliphatic carbocycles. The molecular weight excluding hydrogens is 300 g/mol. The molecule has 7 heteroatoms. The number of rotatable bonds is 2. The lowest BCUT2D eigenvalue weighted by Gasteiger charge is -2.12. The molecule has 1 heterocycles. The summed E-state index contributed by atoms with van der Waals surface area (Å²) in [5.41, 5.74) is 7.04. The number of phenolic OH excluding ortho intramolecular Hbond substituents is 1. The van der Waals surface area contributed by atoms with Crippen LogP contribution in [0.25, 0.3) is 11.3 Å². The fourth-order valence-electron chi connectivity index (χ4n) is 1.60. The van der Waals surface area contributed by atoms with Gasteiger partial charge in [-0.2, -0.15) is 5.10 Å². The van der Waals surface area contributed by atoms with Crippen molar-refractivity contribution in [2.75, 3.05) is 11.1 Å². The Hall–Kier alpha value is -2.02. The van der Waals surface area contributed by atoms with Crippen LogP contribution >= 0.6 is 15.9 Å². The van der Waals surface area contributed by atoms with Crippen molar-refractivity contribution in [3.63, 3.8) is 0 Å². The Bertz CT molecular complexity index is 609. The molecule has 0 spiro atoms. The minimum atomic E-state index is -0.280. The highest BCUT2D eigenvalue weighted by molar-refractivity contribution is 9.10. The van der Waals surface area contributed by atoms with Crippen molar-refractivity contribution in [1.29, 1.82) is 0 Å². The zero-order chi connectivity index (χ0) is 13.3. The molecule has 0 unspecified atom stereocenters. The molecule has 0 fully saturated rings. The average Bonchev–Trinajstić information content (AvgIpc) is 2.70. The van der Waals surface area contributed by atoms with Crippen LogP contribution in [0.1, 0.15) is 6.92 Å². The van der Waals surface area contributed by atoms with E-state index in [0.29, 0.717) is 27.2 Å². The Morgan fingerprint density at radius 2 is 2.28 bits per heavy atom. The summed E-state index contributed by atoms with van der Waals surface area (Å²) in [5, 5.41) is 19.0. The zero-order valence-corrected chi connectivity index (χ0v) is 11.1. The van der Waals surface area contributed by atoms with Gasteiger partial charge in [0.1, 0.15) is 11.6 Å². The van der Waals surface area contributed by atoms with Gasteiger partial charge in [-0.1, -0.05) is 15.9 Å². The number of aromatic amines is 1. The SMILES string of the molecule is CC(=O)Nc1c(O)ccc(Br)c1-c1cc(N)n[nH]1. The van der Waals surface area contributed by atoms with Crippen LogP contribution in [-0.4, -0.2) is 21.2 Å². The van der Waals surface area contributed by atoms with E-state index < -0.39 is 0 Å². The number of aromatic nitrogens is 2. The molecule has 0 aliphatic rings. The molecule has 6 nitrogen and oxygen atoms in total. The van der Waals surface area contributed by atoms with E-state index in [-0.39, 0.29) is 11.7 Å². The lowest BCUT2D eigenvalue weighted by molar-refractivity contribution is -0.114. The Labute approximate surface area is 111 Å². The smallest absolute Gasteiger partial charge is 0.221 e. The molecule has 2 aromatic rings. The lowest BCUT2D eigenvalue weighted by Crippen LogP contribution is -2.07. The second-order valence-electron chi connectivity index (χ2n) is 3.70. The average molecular weight is 311 g/mol. The lowest BCUT2D eigenvalue weighted by atomic mass is 10.1. The van der Waals surface area contributed by atoms with E-state index in [1.807, 2.05) is 0 Å². The summed E-state index contributed by atoms with van der Waals surface area (Å²) in [4.78, 5) is 11.2. The summed E-state index contributed by atoms with van der Waals surface area (Å²) in [6, 6.07) is 4.77. The zero-order valence-electron chi connectivity index (χ0n) is 9.49. The summed E-state index contributed by atoms with van der Waals surface area (Å²) in [6.07, 6.45) is 0. The van der Waals surface area contributed by atoms with E-state index in [9.17, 15) is 9.90 Å². The number of H-pyrrole nitrogens is 1. The highest BCUT2D eigenvalue weighted by Gasteiger charge is 2.16. The largest absolute Gasteiger partial charge is 0.506 e. The topological polar surface area (TPSA) is 104 Å². The van der Waals surface area contributed by atoms with Gasteiger partial charge in [0, 0.05) is 23.0 Å². The van der Waals surface area contributed by atoms with Crippen molar-refractivity contribution in [1.82, 2.24) is 10.2 Å². The van der Waals surface area contributed by atoms with Crippen molar-refractivity contribution in [2.45, 2.75) is 6.92 Å². The second kappa shape index (κ2) is 4.69. The number of aromatic hydroxyl groups is 1. The molecule has 0 radical (unpaired) electrons. The molecule has 2 rings (SSSR count). The first kappa shape index (κ1) is 12.4. The van der Waals surface area contributed by atoms with Gasteiger partial charge in [0.25, 0.3) is 0 Å². The molecule has 18 heavy (non-hydrogen) atoms. The van der Waals surface area contributed by atoms with E-state index >= 15 is 0 Å². The van der Waals surface area contributed by atoms with Gasteiger partial charge in [-0.15, -0.1) is 0 Å². The Balaban J connectivity index is 2.63. The summed E-state index contributed by atoms with van der Waals surface area (Å²) in [6.45, 7) is 1.37. The van der Waals surface area contributed by atoms with Crippen LogP contribution in [0.5, 0.6) is 5.75 Å². The van der Waals surface area contributed by atoms with Crippen molar-refractivity contribution in [3.8, 4) is 17.0 Å². The highest BCUT2D eigenvalue weighted by Crippen LogP contribution is 2.40. The number of benzene rings is 1. The fraction of sp³-hybridized carbons (Fsp3) is 0.0909. The summed E-state index contributed by atoms with van der Waals surface area (Å²) in [7, 11) is 0. The minimum Gasteiger partial charge on any atom is -0.506 e. The van der Waals surface area contributed by atoms with Gasteiger partial charge >= 0.3 is 0 Å². The number of halogens is 1. The number of hydrogen-bond acceptors (Lipinski definition) is 4. The molecule has 0 bridgehead atoms. The number of amides is 1. The highest BCUT2D eigenvalue weighted by atomic mass is 79.9. The summed E-state index contributed by atoms with van der Waals surface area (Å²) >= 11 is 3.37.